The van der Waals surface area contributed by atoms with Crippen LogP contribution in [-0.4, -0.2) is 11.1 Å². The van der Waals surface area contributed by atoms with Crippen molar-refractivity contribution in [3.05, 3.63) is 0 Å². The standard InChI is InChI=1S/C8H13NO2/c10-8(9-11)7(5-1-2-5)6-3-4-6/h5-7,11H,1-4H2,(H,9,10). The quantitative estimate of drug-likeness (QED) is 0.470. The lowest BCUT2D eigenvalue weighted by Gasteiger charge is -2.11. The van der Waals surface area contributed by atoms with Gasteiger partial charge in [0.1, 0.15) is 0 Å². The summed E-state index contributed by atoms with van der Waals surface area (Å²) in [4.78, 5) is 11.1. The Balaban J connectivity index is 1.96. The van der Waals surface area contributed by atoms with Crippen molar-refractivity contribution in [3.63, 3.8) is 0 Å². The summed E-state index contributed by atoms with van der Waals surface area (Å²) in [5, 5.41) is 8.46. The van der Waals surface area contributed by atoms with Gasteiger partial charge in [0.2, 0.25) is 5.91 Å². The fraction of sp³-hybridized carbons (Fsp3) is 0.875. The monoisotopic (exact) mass is 155 g/mol. The molecule has 2 aliphatic carbocycles. The first-order chi connectivity index (χ1) is 5.33. The number of hydrogen-bond acceptors (Lipinski definition) is 2. The number of rotatable bonds is 3. The molecule has 2 saturated carbocycles. The van der Waals surface area contributed by atoms with Gasteiger partial charge in [-0.3, -0.25) is 10.0 Å². The van der Waals surface area contributed by atoms with Gasteiger partial charge >= 0.3 is 0 Å². The highest BCUT2D eigenvalue weighted by atomic mass is 16.5. The third-order valence-electron chi connectivity index (χ3n) is 2.67. The van der Waals surface area contributed by atoms with Crippen molar-refractivity contribution in [2.75, 3.05) is 0 Å². The first-order valence-electron chi connectivity index (χ1n) is 4.27. The van der Waals surface area contributed by atoms with Gasteiger partial charge in [-0.15, -0.1) is 0 Å². The van der Waals surface area contributed by atoms with Gasteiger partial charge in [-0.25, -0.2) is 5.48 Å². The minimum atomic E-state index is -0.157. The van der Waals surface area contributed by atoms with Gasteiger partial charge in [0.25, 0.3) is 0 Å². The molecule has 0 spiro atoms. The maximum Gasteiger partial charge on any atom is 0.246 e. The van der Waals surface area contributed by atoms with E-state index in [1.54, 1.807) is 5.48 Å². The van der Waals surface area contributed by atoms with E-state index in [0.717, 1.165) is 0 Å². The Morgan fingerprint density at radius 1 is 1.27 bits per heavy atom. The molecule has 62 valence electrons. The van der Waals surface area contributed by atoms with Crippen LogP contribution in [0.3, 0.4) is 0 Å². The number of nitrogens with one attached hydrogen (secondary N) is 1. The van der Waals surface area contributed by atoms with Crippen LogP contribution >= 0.6 is 0 Å². The molecule has 0 aromatic heterocycles. The van der Waals surface area contributed by atoms with Gasteiger partial charge < -0.3 is 0 Å². The zero-order chi connectivity index (χ0) is 7.84. The van der Waals surface area contributed by atoms with E-state index in [9.17, 15) is 4.79 Å². The van der Waals surface area contributed by atoms with Gasteiger partial charge in [-0.1, -0.05) is 0 Å². The van der Waals surface area contributed by atoms with Crippen LogP contribution in [0.4, 0.5) is 0 Å². The van der Waals surface area contributed by atoms with Crippen LogP contribution in [0, 0.1) is 17.8 Å². The minimum Gasteiger partial charge on any atom is -0.289 e. The van der Waals surface area contributed by atoms with Crippen molar-refractivity contribution < 1.29 is 10.0 Å². The number of carbonyl (C=O) groups is 1. The van der Waals surface area contributed by atoms with E-state index in [4.69, 9.17) is 5.21 Å². The highest BCUT2D eigenvalue weighted by Crippen LogP contribution is 2.49. The van der Waals surface area contributed by atoms with Gasteiger partial charge in [-0.05, 0) is 37.5 Å². The van der Waals surface area contributed by atoms with E-state index in [1.807, 2.05) is 0 Å². The molecule has 3 heteroatoms. The number of carbonyl (C=O) groups excluding carboxylic acids is 1. The van der Waals surface area contributed by atoms with Crippen molar-refractivity contribution >= 4 is 5.91 Å². The van der Waals surface area contributed by atoms with E-state index in [1.165, 1.54) is 25.7 Å². The molecular formula is C8H13NO2. The summed E-state index contributed by atoms with van der Waals surface area (Å²) in [7, 11) is 0. The van der Waals surface area contributed by atoms with Crippen LogP contribution in [0.2, 0.25) is 0 Å². The minimum absolute atomic E-state index is 0.125. The largest absolute Gasteiger partial charge is 0.289 e. The molecule has 2 aliphatic rings. The zero-order valence-corrected chi connectivity index (χ0v) is 6.42. The molecule has 2 rings (SSSR count). The van der Waals surface area contributed by atoms with E-state index in [2.05, 4.69) is 0 Å². The summed E-state index contributed by atoms with van der Waals surface area (Å²) in [6, 6.07) is 0. The lowest BCUT2D eigenvalue weighted by Crippen LogP contribution is -2.30. The molecule has 0 aromatic carbocycles. The van der Waals surface area contributed by atoms with Crippen LogP contribution in [0.5, 0.6) is 0 Å². The van der Waals surface area contributed by atoms with Crippen LogP contribution in [0.15, 0.2) is 0 Å². The molecule has 0 bridgehead atoms. The van der Waals surface area contributed by atoms with Crippen LogP contribution < -0.4 is 5.48 Å². The summed E-state index contributed by atoms with van der Waals surface area (Å²) in [5.41, 5.74) is 1.77. The Hall–Kier alpha value is -0.570. The van der Waals surface area contributed by atoms with Crippen molar-refractivity contribution in [2.24, 2.45) is 17.8 Å². The Labute approximate surface area is 65.7 Å². The molecule has 0 saturated heterocycles. The van der Waals surface area contributed by atoms with Crippen LogP contribution in [-0.2, 0) is 4.79 Å². The fourth-order valence-electron chi connectivity index (χ4n) is 1.80. The van der Waals surface area contributed by atoms with E-state index < -0.39 is 0 Å². The molecule has 1 amide bonds. The highest BCUT2D eigenvalue weighted by Gasteiger charge is 2.45. The predicted molar refractivity (Wildman–Crippen MR) is 38.9 cm³/mol. The number of hydrogen-bond donors (Lipinski definition) is 2. The first kappa shape index (κ1) is 7.10. The van der Waals surface area contributed by atoms with Crippen molar-refractivity contribution in [1.82, 2.24) is 5.48 Å². The molecule has 0 atom stereocenters. The molecule has 0 unspecified atom stereocenters. The Morgan fingerprint density at radius 2 is 1.73 bits per heavy atom. The lowest BCUT2D eigenvalue weighted by molar-refractivity contribution is -0.134. The molecule has 0 aromatic rings. The average molecular weight is 155 g/mol. The maximum atomic E-state index is 11.1. The zero-order valence-electron chi connectivity index (χ0n) is 6.42. The highest BCUT2D eigenvalue weighted by molar-refractivity contribution is 5.78. The molecule has 0 radical (unpaired) electrons. The summed E-state index contributed by atoms with van der Waals surface area (Å²) in [6.45, 7) is 0. The predicted octanol–water partition coefficient (Wildman–Crippen LogP) is 0.928. The van der Waals surface area contributed by atoms with Crippen LogP contribution in [0.1, 0.15) is 25.7 Å². The second-order valence-electron chi connectivity index (χ2n) is 3.68. The van der Waals surface area contributed by atoms with Gasteiger partial charge in [0.15, 0.2) is 0 Å². The molecule has 2 N–H and O–H groups in total. The topological polar surface area (TPSA) is 49.3 Å². The third-order valence-corrected chi connectivity index (χ3v) is 2.67. The lowest BCUT2D eigenvalue weighted by atomic mass is 9.97. The van der Waals surface area contributed by atoms with Crippen molar-refractivity contribution in [1.29, 1.82) is 0 Å². The molecule has 0 heterocycles. The summed E-state index contributed by atoms with van der Waals surface area (Å²) < 4.78 is 0. The SMILES string of the molecule is O=C(NO)C(C1CC1)C1CC1. The number of amides is 1. The fourth-order valence-corrected chi connectivity index (χ4v) is 1.80. The average Bonchev–Trinajstić information content (AvgIpc) is 2.81. The molecule has 3 nitrogen and oxygen atoms in total. The van der Waals surface area contributed by atoms with Gasteiger partial charge in [-0.2, -0.15) is 0 Å². The molecule has 2 fully saturated rings. The van der Waals surface area contributed by atoms with Gasteiger partial charge in [0, 0.05) is 5.92 Å². The molecule has 0 aliphatic heterocycles. The second-order valence-corrected chi connectivity index (χ2v) is 3.68. The smallest absolute Gasteiger partial charge is 0.246 e. The van der Waals surface area contributed by atoms with E-state index in [-0.39, 0.29) is 11.8 Å². The second kappa shape index (κ2) is 2.48. The maximum absolute atomic E-state index is 11.1. The molecule has 11 heavy (non-hydrogen) atoms. The van der Waals surface area contributed by atoms with E-state index >= 15 is 0 Å². The Bertz CT molecular complexity index is 161. The normalized spacial score (nSPS) is 23.8. The van der Waals surface area contributed by atoms with Crippen molar-refractivity contribution in [2.45, 2.75) is 25.7 Å². The van der Waals surface area contributed by atoms with E-state index in [0.29, 0.717) is 11.8 Å². The first-order valence-corrected chi connectivity index (χ1v) is 4.27. The Morgan fingerprint density at radius 3 is 2.00 bits per heavy atom. The summed E-state index contributed by atoms with van der Waals surface area (Å²) in [5.74, 6) is 1.12. The summed E-state index contributed by atoms with van der Waals surface area (Å²) in [6.07, 6.45) is 4.70. The summed E-state index contributed by atoms with van der Waals surface area (Å²) >= 11 is 0. The Kier molecular flexibility index (Phi) is 1.60. The third kappa shape index (κ3) is 1.38. The van der Waals surface area contributed by atoms with Crippen molar-refractivity contribution in [3.8, 4) is 0 Å². The van der Waals surface area contributed by atoms with Gasteiger partial charge in [0.05, 0.1) is 0 Å². The van der Waals surface area contributed by atoms with Crippen LogP contribution in [0.25, 0.3) is 0 Å². The molecular weight excluding hydrogens is 142 g/mol. The number of hydroxylamine groups is 1.